The highest BCUT2D eigenvalue weighted by Gasteiger charge is 2.44. The molecule has 3 rings (SSSR count). The lowest BCUT2D eigenvalue weighted by Crippen LogP contribution is -2.43. The molecule has 0 bridgehead atoms. The molecule has 132 valence electrons. The van der Waals surface area contributed by atoms with Gasteiger partial charge < -0.3 is 13.9 Å². The molecule has 2 aromatic rings. The van der Waals surface area contributed by atoms with Gasteiger partial charge >= 0.3 is 12.1 Å². The number of nitrogens with zero attached hydrogens (tertiary/aromatic N) is 1. The van der Waals surface area contributed by atoms with Crippen LogP contribution in [0.1, 0.15) is 30.7 Å². The van der Waals surface area contributed by atoms with E-state index in [9.17, 15) is 9.59 Å². The first-order valence-corrected chi connectivity index (χ1v) is 8.32. The fraction of sp³-hybridized carbons (Fsp3) is 0.368. The van der Waals surface area contributed by atoms with Crippen LogP contribution in [0.4, 0.5) is 10.5 Å². The lowest BCUT2D eigenvalue weighted by molar-refractivity contribution is -0.146. The summed E-state index contributed by atoms with van der Waals surface area (Å²) in [5, 5.41) is 0. The summed E-state index contributed by atoms with van der Waals surface area (Å²) in [5.74, 6) is -0.274. The largest absolute Gasteiger partial charge is 0.469 e. The van der Waals surface area contributed by atoms with Gasteiger partial charge in [0.05, 0.1) is 25.9 Å². The van der Waals surface area contributed by atoms with Gasteiger partial charge in [0.2, 0.25) is 0 Å². The molecule has 1 heterocycles. The summed E-state index contributed by atoms with van der Waals surface area (Å²) in [6.07, 6.45) is 2.35. The van der Waals surface area contributed by atoms with Crippen molar-refractivity contribution in [2.75, 3.05) is 18.6 Å². The Morgan fingerprint density at radius 1 is 1.24 bits per heavy atom. The first-order chi connectivity index (χ1) is 12.2. The molecular formula is C19H21NO5. The topological polar surface area (TPSA) is 69.0 Å². The molecule has 2 unspecified atom stereocenters. The van der Waals surface area contributed by atoms with E-state index in [4.69, 9.17) is 13.9 Å². The first-order valence-electron chi connectivity index (χ1n) is 8.32. The zero-order chi connectivity index (χ0) is 17.8. The lowest BCUT2D eigenvalue weighted by atomic mass is 9.83. The molecule has 6 heteroatoms. The number of carbonyl (C=O) groups excluding carboxylic acids is 2. The molecule has 0 aliphatic heterocycles. The number of carbonyl (C=O) groups is 2. The summed E-state index contributed by atoms with van der Waals surface area (Å²) in [5.41, 5.74) is 1.64. The molecule has 1 aromatic heterocycles. The van der Waals surface area contributed by atoms with Gasteiger partial charge in [-0.25, -0.2) is 4.79 Å². The van der Waals surface area contributed by atoms with Gasteiger partial charge in [0.15, 0.2) is 0 Å². The third-order valence-corrected chi connectivity index (χ3v) is 4.44. The fourth-order valence-electron chi connectivity index (χ4n) is 3.32. The third kappa shape index (κ3) is 3.24. The van der Waals surface area contributed by atoms with Gasteiger partial charge in [-0.15, -0.1) is 0 Å². The predicted octanol–water partition coefficient (Wildman–Crippen LogP) is 3.72. The highest BCUT2D eigenvalue weighted by Crippen LogP contribution is 2.42. The molecule has 0 fully saturated rings. The van der Waals surface area contributed by atoms with E-state index in [0.29, 0.717) is 24.3 Å². The van der Waals surface area contributed by atoms with E-state index < -0.39 is 18.1 Å². The number of anilines is 1. The highest BCUT2D eigenvalue weighted by molar-refractivity contribution is 5.90. The number of furan rings is 1. The van der Waals surface area contributed by atoms with Gasteiger partial charge in [-0.1, -0.05) is 18.2 Å². The molecular weight excluding hydrogens is 322 g/mol. The zero-order valence-electron chi connectivity index (χ0n) is 14.3. The van der Waals surface area contributed by atoms with Crippen molar-refractivity contribution in [3.63, 3.8) is 0 Å². The average Bonchev–Trinajstić information content (AvgIpc) is 3.11. The zero-order valence-corrected chi connectivity index (χ0v) is 14.3. The Hall–Kier alpha value is -2.76. The van der Waals surface area contributed by atoms with Crippen molar-refractivity contribution in [3.8, 4) is 0 Å². The molecule has 0 radical (unpaired) electrons. The molecule has 1 aliphatic carbocycles. The lowest BCUT2D eigenvalue weighted by Gasteiger charge is -2.36. The molecule has 0 saturated heterocycles. The molecule has 6 nitrogen and oxygen atoms in total. The number of rotatable bonds is 4. The van der Waals surface area contributed by atoms with E-state index in [1.165, 1.54) is 12.0 Å². The van der Waals surface area contributed by atoms with Gasteiger partial charge in [-0.05, 0) is 43.5 Å². The van der Waals surface area contributed by atoms with Gasteiger partial charge in [0, 0.05) is 5.69 Å². The van der Waals surface area contributed by atoms with Crippen molar-refractivity contribution in [2.24, 2.45) is 5.92 Å². The third-order valence-electron chi connectivity index (χ3n) is 4.44. The molecule has 0 spiro atoms. The average molecular weight is 343 g/mol. The molecule has 1 aliphatic rings. The Morgan fingerprint density at radius 3 is 2.68 bits per heavy atom. The Morgan fingerprint density at radius 2 is 2.00 bits per heavy atom. The first kappa shape index (κ1) is 17.1. The van der Waals surface area contributed by atoms with Gasteiger partial charge in [-0.2, -0.15) is 0 Å². The number of methoxy groups -OCH3 is 1. The van der Waals surface area contributed by atoms with Crippen molar-refractivity contribution < 1.29 is 23.5 Å². The van der Waals surface area contributed by atoms with Crippen molar-refractivity contribution in [1.82, 2.24) is 0 Å². The van der Waals surface area contributed by atoms with E-state index >= 15 is 0 Å². The Kier molecular flexibility index (Phi) is 5.07. The van der Waals surface area contributed by atoms with Crippen LogP contribution in [0, 0.1) is 5.92 Å². The molecule has 1 amide bonds. The minimum atomic E-state index is -0.604. The number of amides is 1. The minimum absolute atomic E-state index is 0.239. The van der Waals surface area contributed by atoms with Crippen molar-refractivity contribution in [1.29, 1.82) is 0 Å². The number of fused-ring (bicyclic) bond motifs is 1. The van der Waals surface area contributed by atoms with Gasteiger partial charge in [-0.3, -0.25) is 9.69 Å². The Balaban J connectivity index is 2.10. The molecule has 1 aromatic carbocycles. The van der Waals surface area contributed by atoms with E-state index in [0.717, 1.165) is 5.56 Å². The summed E-state index contributed by atoms with van der Waals surface area (Å²) in [7, 11) is 1.36. The van der Waals surface area contributed by atoms with Crippen molar-refractivity contribution in [2.45, 2.75) is 25.8 Å². The highest BCUT2D eigenvalue weighted by atomic mass is 16.6. The van der Waals surface area contributed by atoms with E-state index in [1.54, 1.807) is 13.2 Å². The Bertz CT molecular complexity index is 739. The van der Waals surface area contributed by atoms with Crippen LogP contribution in [0.5, 0.6) is 0 Å². The summed E-state index contributed by atoms with van der Waals surface area (Å²) in [6, 6.07) is 10.4. The van der Waals surface area contributed by atoms with Crippen LogP contribution in [-0.4, -0.2) is 25.8 Å². The molecule has 25 heavy (non-hydrogen) atoms. The number of benzene rings is 1. The number of aryl methyl sites for hydroxylation is 1. The SMILES string of the molecule is CCOC(=O)N(c1ccccc1)C1c2occc2CCC1C(=O)OC. The summed E-state index contributed by atoms with van der Waals surface area (Å²) in [4.78, 5) is 26.6. The maximum absolute atomic E-state index is 12.7. The number of hydrogen-bond donors (Lipinski definition) is 0. The monoisotopic (exact) mass is 343 g/mol. The van der Waals surface area contributed by atoms with Crippen LogP contribution < -0.4 is 4.90 Å². The van der Waals surface area contributed by atoms with Gasteiger partial charge in [0.25, 0.3) is 0 Å². The smallest absolute Gasteiger partial charge is 0.414 e. The second-order valence-corrected chi connectivity index (χ2v) is 5.83. The number of hydrogen-bond acceptors (Lipinski definition) is 5. The quantitative estimate of drug-likeness (QED) is 0.792. The summed E-state index contributed by atoms with van der Waals surface area (Å²) in [6.45, 7) is 1.99. The van der Waals surface area contributed by atoms with Gasteiger partial charge in [0.1, 0.15) is 11.8 Å². The van der Waals surface area contributed by atoms with Crippen molar-refractivity contribution in [3.05, 3.63) is 54.0 Å². The second-order valence-electron chi connectivity index (χ2n) is 5.83. The maximum atomic E-state index is 12.7. The van der Waals surface area contributed by atoms with Crippen LogP contribution in [0.3, 0.4) is 0 Å². The minimum Gasteiger partial charge on any atom is -0.469 e. The number of para-hydroxylation sites is 1. The number of esters is 1. The molecule has 2 atom stereocenters. The Labute approximate surface area is 146 Å². The van der Waals surface area contributed by atoms with Crippen molar-refractivity contribution >= 4 is 17.7 Å². The van der Waals surface area contributed by atoms with Crippen LogP contribution >= 0.6 is 0 Å². The van der Waals surface area contributed by atoms with Crippen LogP contribution in [0.25, 0.3) is 0 Å². The van der Waals surface area contributed by atoms with E-state index in [2.05, 4.69) is 0 Å². The summed E-state index contributed by atoms with van der Waals surface area (Å²) < 4.78 is 15.9. The van der Waals surface area contributed by atoms with Crippen LogP contribution in [-0.2, 0) is 20.7 Å². The molecule has 0 saturated carbocycles. The predicted molar refractivity (Wildman–Crippen MR) is 91.2 cm³/mol. The normalized spacial score (nSPS) is 19.0. The summed E-state index contributed by atoms with van der Waals surface area (Å²) >= 11 is 0. The van der Waals surface area contributed by atoms with Crippen LogP contribution in [0.2, 0.25) is 0 Å². The molecule has 0 N–H and O–H groups in total. The number of ether oxygens (including phenoxy) is 2. The fourth-order valence-corrected chi connectivity index (χ4v) is 3.32. The van der Waals surface area contributed by atoms with E-state index in [1.807, 2.05) is 36.4 Å². The standard InChI is InChI=1S/C19H21NO5/c1-3-24-19(22)20(14-7-5-4-6-8-14)16-15(18(21)23-2)10-9-13-11-12-25-17(13)16/h4-8,11-12,15-16H,3,9-10H2,1-2H3. The second kappa shape index (κ2) is 7.42. The maximum Gasteiger partial charge on any atom is 0.414 e. The van der Waals surface area contributed by atoms with Crippen LogP contribution in [0.15, 0.2) is 47.1 Å². The van der Waals surface area contributed by atoms with E-state index in [-0.39, 0.29) is 12.6 Å².